The van der Waals surface area contributed by atoms with Gasteiger partial charge in [0.2, 0.25) is 0 Å². The molecule has 118 valence electrons. The molecule has 0 unspecified atom stereocenters. The molecular formula is C15H21BN2O4. The Morgan fingerprint density at radius 1 is 1.41 bits per heavy atom. The van der Waals surface area contributed by atoms with Crippen molar-refractivity contribution in [2.45, 2.75) is 32.8 Å². The molecule has 1 aromatic heterocycles. The van der Waals surface area contributed by atoms with Gasteiger partial charge in [0, 0.05) is 12.7 Å². The van der Waals surface area contributed by atoms with Crippen LogP contribution in [0.4, 0.5) is 4.79 Å². The van der Waals surface area contributed by atoms with E-state index < -0.39 is 12.7 Å². The topological polar surface area (TPSA) is 82.9 Å². The summed E-state index contributed by atoms with van der Waals surface area (Å²) < 4.78 is 5.38. The van der Waals surface area contributed by atoms with Crippen LogP contribution in [-0.4, -0.2) is 51.8 Å². The van der Waals surface area contributed by atoms with Crippen LogP contribution in [0.2, 0.25) is 0 Å². The van der Waals surface area contributed by atoms with E-state index in [0.717, 1.165) is 5.57 Å². The minimum absolute atomic E-state index is 0.351. The molecule has 0 aromatic carbocycles. The third kappa shape index (κ3) is 4.32. The second kappa shape index (κ2) is 6.50. The van der Waals surface area contributed by atoms with Gasteiger partial charge in [0.05, 0.1) is 12.2 Å². The molecular weight excluding hydrogens is 283 g/mol. The van der Waals surface area contributed by atoms with Crippen LogP contribution in [0.15, 0.2) is 24.4 Å². The van der Waals surface area contributed by atoms with Gasteiger partial charge < -0.3 is 19.7 Å². The zero-order valence-electron chi connectivity index (χ0n) is 13.1. The largest absolute Gasteiger partial charge is 0.488 e. The molecule has 0 radical (unpaired) electrons. The normalized spacial score (nSPS) is 15.3. The first kappa shape index (κ1) is 16.5. The van der Waals surface area contributed by atoms with Crippen molar-refractivity contribution in [1.82, 2.24) is 9.88 Å². The zero-order chi connectivity index (χ0) is 16.3. The Kier molecular flexibility index (Phi) is 4.88. The molecule has 0 saturated heterocycles. The maximum absolute atomic E-state index is 12.1. The highest BCUT2D eigenvalue weighted by Crippen LogP contribution is 2.20. The SMILES string of the molecule is CC(C)(C)OC(=O)N1CCC=C(c2cc(B(O)O)ccn2)C1. The van der Waals surface area contributed by atoms with Crippen LogP contribution in [0.3, 0.4) is 0 Å². The maximum Gasteiger partial charge on any atom is 0.488 e. The molecule has 0 atom stereocenters. The second-order valence-corrected chi connectivity index (χ2v) is 6.27. The highest BCUT2D eigenvalue weighted by Gasteiger charge is 2.25. The fourth-order valence-electron chi connectivity index (χ4n) is 2.19. The molecule has 0 bridgehead atoms. The number of nitrogens with zero attached hydrogens (tertiary/aromatic N) is 2. The average Bonchev–Trinajstić information content (AvgIpc) is 2.46. The number of aromatic nitrogens is 1. The van der Waals surface area contributed by atoms with Crippen LogP contribution in [0, 0.1) is 0 Å². The second-order valence-electron chi connectivity index (χ2n) is 6.27. The predicted molar refractivity (Wildman–Crippen MR) is 84.5 cm³/mol. The maximum atomic E-state index is 12.1. The minimum atomic E-state index is -1.53. The smallest absolute Gasteiger partial charge is 0.444 e. The quantitative estimate of drug-likeness (QED) is 0.789. The zero-order valence-corrected chi connectivity index (χ0v) is 13.1. The van der Waals surface area contributed by atoms with Crippen molar-refractivity contribution in [3.8, 4) is 0 Å². The summed E-state index contributed by atoms with van der Waals surface area (Å²) in [6, 6.07) is 3.16. The first-order valence-electron chi connectivity index (χ1n) is 7.26. The van der Waals surface area contributed by atoms with Gasteiger partial charge in [-0.2, -0.15) is 0 Å². The molecule has 6 nitrogen and oxygen atoms in total. The Bertz CT molecular complexity index is 581. The number of ether oxygens (including phenoxy) is 1. The summed E-state index contributed by atoms with van der Waals surface area (Å²) >= 11 is 0. The van der Waals surface area contributed by atoms with Crippen LogP contribution in [-0.2, 0) is 4.74 Å². The molecule has 1 aliphatic heterocycles. The molecule has 0 fully saturated rings. The molecule has 7 heteroatoms. The van der Waals surface area contributed by atoms with Gasteiger partial charge in [-0.3, -0.25) is 4.98 Å². The van der Waals surface area contributed by atoms with E-state index in [4.69, 9.17) is 4.74 Å². The highest BCUT2D eigenvalue weighted by atomic mass is 16.6. The van der Waals surface area contributed by atoms with Gasteiger partial charge in [0.1, 0.15) is 5.60 Å². The van der Waals surface area contributed by atoms with Crippen molar-refractivity contribution >= 4 is 24.2 Å². The Labute approximate surface area is 130 Å². The number of hydrogen-bond donors (Lipinski definition) is 2. The summed E-state index contributed by atoms with van der Waals surface area (Å²) in [6.07, 6.45) is 3.90. The number of hydrogen-bond acceptors (Lipinski definition) is 5. The molecule has 1 aliphatic rings. The van der Waals surface area contributed by atoms with E-state index in [1.807, 2.05) is 26.8 Å². The fraction of sp³-hybridized carbons (Fsp3) is 0.467. The molecule has 2 rings (SSSR count). The monoisotopic (exact) mass is 304 g/mol. The Balaban J connectivity index is 2.12. The van der Waals surface area contributed by atoms with Crippen molar-refractivity contribution in [2.75, 3.05) is 13.1 Å². The standard InChI is InChI=1S/C15H21BN2O4/c1-15(2,3)22-14(19)18-8-4-5-11(10-18)13-9-12(16(20)21)6-7-17-13/h5-7,9,20-21H,4,8,10H2,1-3H3. The van der Waals surface area contributed by atoms with Gasteiger partial charge in [-0.1, -0.05) is 6.08 Å². The van der Waals surface area contributed by atoms with E-state index in [0.29, 0.717) is 30.7 Å². The summed E-state index contributed by atoms with van der Waals surface area (Å²) in [5.41, 5.74) is 1.36. The van der Waals surface area contributed by atoms with Crippen molar-refractivity contribution in [1.29, 1.82) is 0 Å². The van der Waals surface area contributed by atoms with E-state index in [-0.39, 0.29) is 6.09 Å². The van der Waals surface area contributed by atoms with E-state index in [2.05, 4.69) is 4.98 Å². The Morgan fingerprint density at radius 3 is 2.77 bits per heavy atom. The van der Waals surface area contributed by atoms with Crippen LogP contribution in [0.5, 0.6) is 0 Å². The summed E-state index contributed by atoms with van der Waals surface area (Å²) in [6.45, 7) is 6.49. The van der Waals surface area contributed by atoms with Gasteiger partial charge >= 0.3 is 13.2 Å². The number of amides is 1. The van der Waals surface area contributed by atoms with Crippen molar-refractivity contribution < 1.29 is 19.6 Å². The molecule has 1 amide bonds. The first-order chi connectivity index (χ1) is 10.3. The summed E-state index contributed by atoms with van der Waals surface area (Å²) in [4.78, 5) is 18.0. The summed E-state index contributed by atoms with van der Waals surface area (Å²) in [5, 5.41) is 18.5. The lowest BCUT2D eigenvalue weighted by molar-refractivity contribution is 0.0273. The molecule has 2 heterocycles. The highest BCUT2D eigenvalue weighted by molar-refractivity contribution is 6.58. The van der Waals surface area contributed by atoms with Gasteiger partial charge in [-0.15, -0.1) is 0 Å². The molecule has 2 N–H and O–H groups in total. The van der Waals surface area contributed by atoms with Crippen molar-refractivity contribution in [2.24, 2.45) is 0 Å². The molecule has 22 heavy (non-hydrogen) atoms. The van der Waals surface area contributed by atoms with Crippen LogP contribution < -0.4 is 5.46 Å². The van der Waals surface area contributed by atoms with E-state index in [9.17, 15) is 14.8 Å². The predicted octanol–water partition coefficient (Wildman–Crippen LogP) is 0.786. The summed E-state index contributed by atoms with van der Waals surface area (Å²) in [7, 11) is -1.53. The molecule has 0 spiro atoms. The van der Waals surface area contributed by atoms with Crippen LogP contribution >= 0.6 is 0 Å². The third-order valence-corrected chi connectivity index (χ3v) is 3.21. The molecule has 0 aliphatic carbocycles. The third-order valence-electron chi connectivity index (χ3n) is 3.21. The number of pyridine rings is 1. The lowest BCUT2D eigenvalue weighted by Crippen LogP contribution is -2.40. The van der Waals surface area contributed by atoms with Gasteiger partial charge in [-0.25, -0.2) is 4.79 Å². The number of carbonyl (C=O) groups excluding carboxylic acids is 1. The van der Waals surface area contributed by atoms with Crippen LogP contribution in [0.25, 0.3) is 5.57 Å². The lowest BCUT2D eigenvalue weighted by Gasteiger charge is -2.30. The minimum Gasteiger partial charge on any atom is -0.444 e. The van der Waals surface area contributed by atoms with E-state index >= 15 is 0 Å². The van der Waals surface area contributed by atoms with Gasteiger partial charge in [0.25, 0.3) is 0 Å². The Hall–Kier alpha value is -1.86. The van der Waals surface area contributed by atoms with Gasteiger partial charge in [-0.05, 0) is 50.4 Å². The Morgan fingerprint density at radius 2 is 2.14 bits per heavy atom. The van der Waals surface area contributed by atoms with Crippen molar-refractivity contribution in [3.63, 3.8) is 0 Å². The fourth-order valence-corrected chi connectivity index (χ4v) is 2.19. The first-order valence-corrected chi connectivity index (χ1v) is 7.26. The van der Waals surface area contributed by atoms with E-state index in [1.54, 1.807) is 17.0 Å². The average molecular weight is 304 g/mol. The van der Waals surface area contributed by atoms with Crippen LogP contribution in [0.1, 0.15) is 32.9 Å². The molecule has 1 aromatic rings. The number of carbonyl (C=O) groups is 1. The lowest BCUT2D eigenvalue weighted by atomic mass is 9.80. The molecule has 0 saturated carbocycles. The summed E-state index contributed by atoms with van der Waals surface area (Å²) in [5.74, 6) is 0. The van der Waals surface area contributed by atoms with Crippen molar-refractivity contribution in [3.05, 3.63) is 30.1 Å². The number of rotatable bonds is 2. The van der Waals surface area contributed by atoms with E-state index in [1.165, 1.54) is 6.20 Å². The van der Waals surface area contributed by atoms with Gasteiger partial charge in [0.15, 0.2) is 0 Å².